The van der Waals surface area contributed by atoms with Gasteiger partial charge < -0.3 is 24.6 Å². The quantitative estimate of drug-likeness (QED) is 0.810. The van der Waals surface area contributed by atoms with Gasteiger partial charge >= 0.3 is 5.97 Å². The largest absolute Gasteiger partial charge is 0.496 e. The Bertz CT molecular complexity index is 757. The molecule has 0 aromatic heterocycles. The van der Waals surface area contributed by atoms with Crippen molar-refractivity contribution in [3.8, 4) is 17.2 Å². The molecule has 146 valence electrons. The number of benzene rings is 1. The van der Waals surface area contributed by atoms with Crippen LogP contribution in [0.25, 0.3) is 0 Å². The zero-order valence-electron chi connectivity index (χ0n) is 15.3. The highest BCUT2D eigenvalue weighted by Crippen LogP contribution is 2.40. The van der Waals surface area contributed by atoms with Crippen LogP contribution in [0.3, 0.4) is 0 Å². The van der Waals surface area contributed by atoms with Crippen LogP contribution < -0.4 is 19.5 Å². The fourth-order valence-corrected chi connectivity index (χ4v) is 4.37. The minimum absolute atomic E-state index is 0.0747. The van der Waals surface area contributed by atoms with E-state index in [9.17, 15) is 14.7 Å². The van der Waals surface area contributed by atoms with E-state index in [2.05, 4.69) is 10.2 Å². The Morgan fingerprint density at radius 3 is 2.59 bits per heavy atom. The molecule has 0 unspecified atom stereocenters. The standard InChI is InChI=1S/C19H24N2O6/c1-25-14-10-16-15(26-6-7-27-16)8-12(14)11-21-4-2-19(3-5-21)13(18(23)24)9-17(22)20-19/h8,10,13H,2-7,9,11H2,1H3,(H,20,22)(H,23,24)/t13-/m1/s1. The Balaban J connectivity index is 1.47. The first-order chi connectivity index (χ1) is 13.0. The normalized spacial score (nSPS) is 23.9. The van der Waals surface area contributed by atoms with Crippen LogP contribution >= 0.6 is 0 Å². The van der Waals surface area contributed by atoms with E-state index in [0.717, 1.165) is 17.1 Å². The van der Waals surface area contributed by atoms with Gasteiger partial charge in [0, 0.05) is 37.7 Å². The lowest BCUT2D eigenvalue weighted by Gasteiger charge is -2.41. The maximum Gasteiger partial charge on any atom is 0.309 e. The van der Waals surface area contributed by atoms with Crippen LogP contribution in [0.2, 0.25) is 0 Å². The molecule has 1 amide bonds. The molecule has 2 N–H and O–H groups in total. The molecular weight excluding hydrogens is 352 g/mol. The molecule has 1 spiro atoms. The van der Waals surface area contributed by atoms with Crippen molar-refractivity contribution in [2.45, 2.75) is 31.3 Å². The van der Waals surface area contributed by atoms with Gasteiger partial charge in [-0.15, -0.1) is 0 Å². The van der Waals surface area contributed by atoms with Crippen molar-refractivity contribution in [1.29, 1.82) is 0 Å². The number of hydrogen-bond acceptors (Lipinski definition) is 6. The highest BCUT2D eigenvalue weighted by Gasteiger charge is 2.51. The summed E-state index contributed by atoms with van der Waals surface area (Å²) in [5, 5.41) is 12.4. The molecular formula is C19H24N2O6. The molecule has 1 aromatic carbocycles. The number of amides is 1. The van der Waals surface area contributed by atoms with Crippen molar-refractivity contribution in [3.05, 3.63) is 17.7 Å². The number of likely N-dealkylation sites (tertiary alicyclic amines) is 1. The molecule has 27 heavy (non-hydrogen) atoms. The molecule has 8 nitrogen and oxygen atoms in total. The third kappa shape index (κ3) is 3.29. The fourth-order valence-electron chi connectivity index (χ4n) is 4.37. The predicted molar refractivity (Wildman–Crippen MR) is 95.1 cm³/mol. The molecule has 4 rings (SSSR count). The van der Waals surface area contributed by atoms with Gasteiger partial charge in [0.25, 0.3) is 0 Å². The number of rotatable bonds is 4. The number of carbonyl (C=O) groups is 2. The van der Waals surface area contributed by atoms with Gasteiger partial charge in [-0.1, -0.05) is 0 Å². The van der Waals surface area contributed by atoms with Crippen molar-refractivity contribution in [2.24, 2.45) is 5.92 Å². The monoisotopic (exact) mass is 376 g/mol. The summed E-state index contributed by atoms with van der Waals surface area (Å²) in [6.45, 7) is 3.15. The lowest BCUT2D eigenvalue weighted by Crippen LogP contribution is -2.55. The van der Waals surface area contributed by atoms with E-state index >= 15 is 0 Å². The lowest BCUT2D eigenvalue weighted by molar-refractivity contribution is -0.144. The number of methoxy groups -OCH3 is 1. The number of nitrogens with zero attached hydrogens (tertiary/aromatic N) is 1. The number of piperidine rings is 1. The lowest BCUT2D eigenvalue weighted by atomic mass is 9.77. The number of ether oxygens (including phenoxy) is 3. The molecule has 0 saturated carbocycles. The van der Waals surface area contributed by atoms with Crippen LogP contribution in [-0.2, 0) is 16.1 Å². The first kappa shape index (κ1) is 17.9. The molecule has 0 aliphatic carbocycles. The minimum Gasteiger partial charge on any atom is -0.496 e. The Kier molecular flexibility index (Phi) is 4.59. The van der Waals surface area contributed by atoms with Gasteiger partial charge in [-0.2, -0.15) is 0 Å². The second kappa shape index (κ2) is 6.92. The third-order valence-electron chi connectivity index (χ3n) is 5.83. The summed E-state index contributed by atoms with van der Waals surface area (Å²) in [4.78, 5) is 25.6. The van der Waals surface area contributed by atoms with E-state index in [1.54, 1.807) is 7.11 Å². The van der Waals surface area contributed by atoms with Crippen molar-refractivity contribution in [3.63, 3.8) is 0 Å². The van der Waals surface area contributed by atoms with E-state index in [-0.39, 0.29) is 12.3 Å². The zero-order chi connectivity index (χ0) is 19.0. The zero-order valence-corrected chi connectivity index (χ0v) is 15.3. The summed E-state index contributed by atoms with van der Waals surface area (Å²) in [5.74, 6) is 0.463. The maximum absolute atomic E-state index is 11.8. The van der Waals surface area contributed by atoms with Crippen LogP contribution in [0.1, 0.15) is 24.8 Å². The number of aliphatic carboxylic acids is 1. The van der Waals surface area contributed by atoms with E-state index in [0.29, 0.717) is 51.4 Å². The highest BCUT2D eigenvalue weighted by atomic mass is 16.6. The first-order valence-electron chi connectivity index (χ1n) is 9.23. The van der Waals surface area contributed by atoms with Gasteiger partial charge in [0.15, 0.2) is 11.5 Å². The van der Waals surface area contributed by atoms with E-state index in [1.165, 1.54) is 0 Å². The van der Waals surface area contributed by atoms with Gasteiger partial charge in [-0.3, -0.25) is 14.5 Å². The summed E-state index contributed by atoms with van der Waals surface area (Å²) in [5.41, 5.74) is 0.388. The topological polar surface area (TPSA) is 97.3 Å². The third-order valence-corrected chi connectivity index (χ3v) is 5.83. The van der Waals surface area contributed by atoms with Gasteiger partial charge in [0.1, 0.15) is 19.0 Å². The SMILES string of the molecule is COc1cc2c(cc1CN1CCC3(CC1)NC(=O)C[C@@H]3C(=O)O)OCCO2. The van der Waals surface area contributed by atoms with Crippen molar-refractivity contribution >= 4 is 11.9 Å². The number of fused-ring (bicyclic) bond motifs is 1. The smallest absolute Gasteiger partial charge is 0.309 e. The predicted octanol–water partition coefficient (Wildman–Crippen LogP) is 1.02. The summed E-state index contributed by atoms with van der Waals surface area (Å²) < 4.78 is 16.8. The highest BCUT2D eigenvalue weighted by molar-refractivity contribution is 5.88. The second-order valence-electron chi connectivity index (χ2n) is 7.38. The van der Waals surface area contributed by atoms with E-state index in [4.69, 9.17) is 14.2 Å². The van der Waals surface area contributed by atoms with Crippen molar-refractivity contribution in [1.82, 2.24) is 10.2 Å². The molecule has 3 heterocycles. The number of carboxylic acid groups (broad SMARTS) is 1. The van der Waals surface area contributed by atoms with E-state index < -0.39 is 17.4 Å². The Morgan fingerprint density at radius 1 is 1.30 bits per heavy atom. The van der Waals surface area contributed by atoms with Crippen molar-refractivity contribution < 1.29 is 28.9 Å². The van der Waals surface area contributed by atoms with Crippen LogP contribution in [0.5, 0.6) is 17.2 Å². The minimum atomic E-state index is -0.893. The molecule has 3 aliphatic heterocycles. The van der Waals surface area contributed by atoms with Crippen LogP contribution in [0, 0.1) is 5.92 Å². The number of carboxylic acids is 1. The molecule has 2 fully saturated rings. The molecule has 8 heteroatoms. The van der Waals surface area contributed by atoms with Crippen molar-refractivity contribution in [2.75, 3.05) is 33.4 Å². The Morgan fingerprint density at radius 2 is 1.96 bits per heavy atom. The van der Waals surface area contributed by atoms with Crippen LogP contribution in [0.4, 0.5) is 0 Å². The number of carbonyl (C=O) groups excluding carboxylic acids is 1. The second-order valence-corrected chi connectivity index (χ2v) is 7.38. The van der Waals surface area contributed by atoms with Gasteiger partial charge in [-0.25, -0.2) is 0 Å². The summed E-state index contributed by atoms with van der Waals surface area (Å²) >= 11 is 0. The number of hydrogen-bond donors (Lipinski definition) is 2. The van der Waals surface area contributed by atoms with Gasteiger partial charge in [0.05, 0.1) is 18.6 Å². The first-order valence-corrected chi connectivity index (χ1v) is 9.23. The summed E-state index contributed by atoms with van der Waals surface area (Å²) in [6, 6.07) is 3.81. The average Bonchev–Trinajstić information content (AvgIpc) is 2.99. The average molecular weight is 376 g/mol. The molecule has 1 atom stereocenters. The van der Waals surface area contributed by atoms with E-state index in [1.807, 2.05) is 12.1 Å². The number of nitrogens with one attached hydrogen (secondary N) is 1. The molecule has 0 bridgehead atoms. The molecule has 2 saturated heterocycles. The van der Waals surface area contributed by atoms with Crippen LogP contribution in [-0.4, -0.2) is 60.8 Å². The summed E-state index contributed by atoms with van der Waals surface area (Å²) in [6.07, 6.45) is 1.33. The van der Waals surface area contributed by atoms with Gasteiger partial charge in [-0.05, 0) is 18.9 Å². The molecule has 3 aliphatic rings. The summed E-state index contributed by atoms with van der Waals surface area (Å²) in [7, 11) is 1.63. The van der Waals surface area contributed by atoms with Crippen LogP contribution in [0.15, 0.2) is 12.1 Å². The molecule has 1 aromatic rings. The molecule has 0 radical (unpaired) electrons. The fraction of sp³-hybridized carbons (Fsp3) is 0.579. The Labute approximate surface area is 157 Å². The maximum atomic E-state index is 11.8. The van der Waals surface area contributed by atoms with Gasteiger partial charge in [0.2, 0.25) is 5.91 Å². The Hall–Kier alpha value is -2.48.